The third-order valence-electron chi connectivity index (χ3n) is 4.68. The minimum absolute atomic E-state index is 0.513. The third-order valence-corrected chi connectivity index (χ3v) is 4.68. The van der Waals surface area contributed by atoms with Crippen molar-refractivity contribution in [1.29, 1.82) is 0 Å². The van der Waals surface area contributed by atoms with Crippen LogP contribution >= 0.6 is 0 Å². The Morgan fingerprint density at radius 1 is 1.27 bits per heavy atom. The molecule has 1 unspecified atom stereocenters. The van der Waals surface area contributed by atoms with E-state index in [1.165, 1.54) is 25.7 Å². The van der Waals surface area contributed by atoms with Crippen LogP contribution in [0.5, 0.6) is 0 Å². The summed E-state index contributed by atoms with van der Waals surface area (Å²) in [4.78, 5) is 0. The molecule has 0 aromatic rings. The highest BCUT2D eigenvalue weighted by atomic mass is 16.5. The molecule has 2 aliphatic carbocycles. The number of nitrogens with one attached hydrogen (secondary N) is 1. The minimum atomic E-state index is 0.513. The number of hydrogen-bond acceptors (Lipinski definition) is 2. The van der Waals surface area contributed by atoms with Gasteiger partial charge in [0.2, 0.25) is 0 Å². The molecule has 0 bridgehead atoms. The van der Waals surface area contributed by atoms with E-state index in [1.807, 2.05) is 0 Å². The number of methoxy groups -OCH3 is 1. The van der Waals surface area contributed by atoms with E-state index in [0.29, 0.717) is 5.41 Å². The average molecular weight is 211 g/mol. The van der Waals surface area contributed by atoms with E-state index < -0.39 is 0 Å². The molecule has 1 N–H and O–H groups in total. The second-order valence-electron chi connectivity index (χ2n) is 5.80. The smallest absolute Gasteiger partial charge is 0.0587 e. The van der Waals surface area contributed by atoms with Crippen molar-refractivity contribution >= 4 is 0 Å². The van der Waals surface area contributed by atoms with Crippen molar-refractivity contribution in [2.45, 2.75) is 45.6 Å². The molecule has 2 nitrogen and oxygen atoms in total. The maximum Gasteiger partial charge on any atom is 0.0587 e. The van der Waals surface area contributed by atoms with Crippen LogP contribution in [0.4, 0.5) is 0 Å². The lowest BCUT2D eigenvalue weighted by Crippen LogP contribution is -2.65. The Kier molecular flexibility index (Phi) is 3.36. The van der Waals surface area contributed by atoms with Crippen LogP contribution in [0.1, 0.15) is 39.5 Å². The van der Waals surface area contributed by atoms with Gasteiger partial charge in [-0.1, -0.05) is 26.7 Å². The van der Waals surface area contributed by atoms with E-state index in [2.05, 4.69) is 19.2 Å². The van der Waals surface area contributed by atoms with Gasteiger partial charge in [0.1, 0.15) is 0 Å². The fourth-order valence-corrected chi connectivity index (χ4v) is 3.88. The summed E-state index contributed by atoms with van der Waals surface area (Å²) < 4.78 is 5.10. The van der Waals surface area contributed by atoms with Crippen LogP contribution < -0.4 is 5.32 Å². The molecule has 0 aromatic carbocycles. The van der Waals surface area contributed by atoms with Gasteiger partial charge in [-0.25, -0.2) is 0 Å². The first-order valence-electron chi connectivity index (χ1n) is 6.40. The molecule has 2 rings (SSSR count). The van der Waals surface area contributed by atoms with Gasteiger partial charge in [0.25, 0.3) is 0 Å². The summed E-state index contributed by atoms with van der Waals surface area (Å²) >= 11 is 0. The highest BCUT2D eigenvalue weighted by Crippen LogP contribution is 2.56. The second-order valence-corrected chi connectivity index (χ2v) is 5.80. The lowest BCUT2D eigenvalue weighted by atomic mass is 9.48. The molecule has 15 heavy (non-hydrogen) atoms. The van der Waals surface area contributed by atoms with Crippen molar-refractivity contribution < 1.29 is 4.74 Å². The van der Waals surface area contributed by atoms with Gasteiger partial charge in [0.05, 0.1) is 6.61 Å². The van der Waals surface area contributed by atoms with Crippen molar-refractivity contribution in [3.05, 3.63) is 0 Å². The van der Waals surface area contributed by atoms with Gasteiger partial charge in [-0.2, -0.15) is 0 Å². The first-order valence-corrected chi connectivity index (χ1v) is 6.40. The van der Waals surface area contributed by atoms with Gasteiger partial charge in [0, 0.05) is 19.7 Å². The first-order chi connectivity index (χ1) is 7.18. The third kappa shape index (κ3) is 1.94. The normalized spacial score (nSPS) is 38.2. The molecular weight excluding hydrogens is 186 g/mol. The summed E-state index contributed by atoms with van der Waals surface area (Å²) in [6.07, 6.45) is 5.80. The van der Waals surface area contributed by atoms with E-state index in [1.54, 1.807) is 7.11 Å². The van der Waals surface area contributed by atoms with Crippen molar-refractivity contribution in [3.63, 3.8) is 0 Å². The van der Waals surface area contributed by atoms with Crippen molar-refractivity contribution in [1.82, 2.24) is 5.32 Å². The molecular formula is C13H25NO. The van der Waals surface area contributed by atoms with E-state index in [0.717, 1.165) is 31.0 Å². The molecule has 2 fully saturated rings. The zero-order valence-electron chi connectivity index (χ0n) is 10.4. The van der Waals surface area contributed by atoms with Crippen LogP contribution in [-0.2, 0) is 4.74 Å². The molecule has 2 heteroatoms. The molecule has 0 aliphatic heterocycles. The molecule has 0 amide bonds. The lowest BCUT2D eigenvalue weighted by molar-refractivity contribution is -0.0885. The first kappa shape index (κ1) is 11.4. The van der Waals surface area contributed by atoms with E-state index in [9.17, 15) is 0 Å². The quantitative estimate of drug-likeness (QED) is 0.721. The van der Waals surface area contributed by atoms with E-state index in [4.69, 9.17) is 4.74 Å². The summed E-state index contributed by atoms with van der Waals surface area (Å²) in [6.45, 7) is 6.71. The van der Waals surface area contributed by atoms with Gasteiger partial charge in [0.15, 0.2) is 0 Å². The Morgan fingerprint density at radius 3 is 2.73 bits per heavy atom. The topological polar surface area (TPSA) is 21.3 Å². The largest absolute Gasteiger partial charge is 0.383 e. The Hall–Kier alpha value is -0.0800. The molecule has 0 radical (unpaired) electrons. The molecule has 2 aliphatic rings. The average Bonchev–Trinajstić information content (AvgIpc) is 2.24. The SMILES string of the molecule is COCCNC1[C@@H]2CCCC[C@@H]2C1(C)C. The van der Waals surface area contributed by atoms with Crippen LogP contribution in [0.3, 0.4) is 0 Å². The summed E-state index contributed by atoms with van der Waals surface area (Å²) in [5.74, 6) is 1.93. The van der Waals surface area contributed by atoms with Crippen LogP contribution in [0.25, 0.3) is 0 Å². The van der Waals surface area contributed by atoms with E-state index in [-0.39, 0.29) is 0 Å². The summed E-state index contributed by atoms with van der Waals surface area (Å²) in [6, 6.07) is 0.734. The van der Waals surface area contributed by atoms with Gasteiger partial charge in [-0.05, 0) is 30.1 Å². The highest BCUT2D eigenvalue weighted by molar-refractivity contribution is 5.08. The zero-order valence-corrected chi connectivity index (χ0v) is 10.4. The highest BCUT2D eigenvalue weighted by Gasteiger charge is 2.55. The molecule has 88 valence electrons. The lowest BCUT2D eigenvalue weighted by Gasteiger charge is -2.61. The predicted molar refractivity (Wildman–Crippen MR) is 62.9 cm³/mol. The Labute approximate surface area is 93.8 Å². The number of fused-ring (bicyclic) bond motifs is 1. The maximum atomic E-state index is 5.10. The zero-order chi connectivity index (χ0) is 10.9. The fraction of sp³-hybridized carbons (Fsp3) is 1.00. The predicted octanol–water partition coefficient (Wildman–Crippen LogP) is 2.44. The summed E-state index contributed by atoms with van der Waals surface area (Å²) in [5, 5.41) is 3.68. The van der Waals surface area contributed by atoms with Crippen LogP contribution in [0.2, 0.25) is 0 Å². The fourth-order valence-electron chi connectivity index (χ4n) is 3.88. The Morgan fingerprint density at radius 2 is 2.00 bits per heavy atom. The molecule has 2 saturated carbocycles. The second kappa shape index (κ2) is 4.42. The van der Waals surface area contributed by atoms with E-state index >= 15 is 0 Å². The van der Waals surface area contributed by atoms with Crippen LogP contribution in [0.15, 0.2) is 0 Å². The number of rotatable bonds is 4. The molecule has 3 atom stereocenters. The van der Waals surface area contributed by atoms with Crippen LogP contribution in [-0.4, -0.2) is 26.3 Å². The molecule has 0 heterocycles. The van der Waals surface area contributed by atoms with Crippen molar-refractivity contribution in [2.24, 2.45) is 17.3 Å². The summed E-state index contributed by atoms with van der Waals surface area (Å²) in [5.41, 5.74) is 0.513. The maximum absolute atomic E-state index is 5.10. The standard InChI is InChI=1S/C13H25NO/c1-13(2)11-7-5-4-6-10(11)12(13)14-8-9-15-3/h10-12,14H,4-9H2,1-3H3/t10-,11+,12?/m1/s1. The monoisotopic (exact) mass is 211 g/mol. The van der Waals surface area contributed by atoms with Gasteiger partial charge in [-0.15, -0.1) is 0 Å². The van der Waals surface area contributed by atoms with Crippen molar-refractivity contribution in [3.8, 4) is 0 Å². The number of hydrogen-bond donors (Lipinski definition) is 1. The van der Waals surface area contributed by atoms with Crippen molar-refractivity contribution in [2.75, 3.05) is 20.3 Å². The summed E-state index contributed by atoms with van der Waals surface area (Å²) in [7, 11) is 1.77. The molecule has 0 aromatic heterocycles. The molecule has 0 spiro atoms. The molecule has 0 saturated heterocycles. The van der Waals surface area contributed by atoms with Gasteiger partial charge < -0.3 is 10.1 Å². The van der Waals surface area contributed by atoms with Gasteiger partial charge >= 0.3 is 0 Å². The Balaban J connectivity index is 1.87. The number of ether oxygens (including phenoxy) is 1. The Bertz CT molecular complexity index is 215. The van der Waals surface area contributed by atoms with Crippen LogP contribution in [0, 0.1) is 17.3 Å². The minimum Gasteiger partial charge on any atom is -0.383 e. The van der Waals surface area contributed by atoms with Gasteiger partial charge in [-0.3, -0.25) is 0 Å².